The molecule has 6 heteroatoms. The SMILES string of the molecule is COc1ccc(NC(=O)CC(C)=NNC(=O)Cc2ccc(-c3ccccc3)cc2)cc1. The minimum atomic E-state index is -0.234. The predicted molar refractivity (Wildman–Crippen MR) is 123 cm³/mol. The number of carbonyl (C=O) groups is 2. The van der Waals surface area contributed by atoms with Gasteiger partial charge >= 0.3 is 0 Å². The lowest BCUT2D eigenvalue weighted by Gasteiger charge is -2.07. The van der Waals surface area contributed by atoms with Crippen molar-refractivity contribution < 1.29 is 14.3 Å². The van der Waals surface area contributed by atoms with E-state index in [0.717, 1.165) is 16.7 Å². The molecule has 0 aromatic heterocycles. The highest BCUT2D eigenvalue weighted by Gasteiger charge is 2.07. The zero-order valence-corrected chi connectivity index (χ0v) is 17.6. The Kier molecular flexibility index (Phi) is 7.54. The average molecular weight is 415 g/mol. The van der Waals surface area contributed by atoms with Gasteiger partial charge in [0.15, 0.2) is 0 Å². The number of rotatable bonds is 8. The number of nitrogens with one attached hydrogen (secondary N) is 2. The fourth-order valence-electron chi connectivity index (χ4n) is 2.98. The first kappa shape index (κ1) is 21.8. The van der Waals surface area contributed by atoms with Gasteiger partial charge in [-0.25, -0.2) is 5.43 Å². The molecule has 0 aliphatic carbocycles. The average Bonchev–Trinajstić information content (AvgIpc) is 2.79. The van der Waals surface area contributed by atoms with E-state index in [4.69, 9.17) is 4.74 Å². The van der Waals surface area contributed by atoms with Crippen LogP contribution in [0.1, 0.15) is 18.9 Å². The molecule has 6 nitrogen and oxygen atoms in total. The van der Waals surface area contributed by atoms with E-state index >= 15 is 0 Å². The largest absolute Gasteiger partial charge is 0.497 e. The maximum Gasteiger partial charge on any atom is 0.244 e. The number of methoxy groups -OCH3 is 1. The smallest absolute Gasteiger partial charge is 0.244 e. The molecule has 0 unspecified atom stereocenters. The lowest BCUT2D eigenvalue weighted by atomic mass is 10.0. The fourth-order valence-corrected chi connectivity index (χ4v) is 2.98. The van der Waals surface area contributed by atoms with Crippen LogP contribution in [0.5, 0.6) is 5.75 Å². The highest BCUT2D eigenvalue weighted by molar-refractivity contribution is 6.05. The Balaban J connectivity index is 1.46. The third kappa shape index (κ3) is 6.82. The summed E-state index contributed by atoms with van der Waals surface area (Å²) in [7, 11) is 1.58. The molecule has 0 heterocycles. The monoisotopic (exact) mass is 415 g/mol. The van der Waals surface area contributed by atoms with Gasteiger partial charge in [0.1, 0.15) is 5.75 Å². The van der Waals surface area contributed by atoms with Crippen LogP contribution in [0.15, 0.2) is 84.0 Å². The quantitative estimate of drug-likeness (QED) is 0.422. The molecular weight excluding hydrogens is 390 g/mol. The molecule has 0 atom stereocenters. The molecule has 2 amide bonds. The number of hydrazone groups is 1. The van der Waals surface area contributed by atoms with E-state index in [9.17, 15) is 9.59 Å². The molecular formula is C25H25N3O3. The first-order valence-electron chi connectivity index (χ1n) is 9.94. The normalized spacial score (nSPS) is 11.0. The molecule has 0 aliphatic heterocycles. The number of anilines is 1. The third-order valence-corrected chi connectivity index (χ3v) is 4.59. The van der Waals surface area contributed by atoms with Crippen LogP contribution in [-0.2, 0) is 16.0 Å². The van der Waals surface area contributed by atoms with Gasteiger partial charge < -0.3 is 10.1 Å². The number of amides is 2. The second-order valence-corrected chi connectivity index (χ2v) is 7.08. The molecule has 0 saturated heterocycles. The minimum Gasteiger partial charge on any atom is -0.497 e. The van der Waals surface area contributed by atoms with Crippen molar-refractivity contribution >= 4 is 23.2 Å². The van der Waals surface area contributed by atoms with Crippen LogP contribution in [0.25, 0.3) is 11.1 Å². The van der Waals surface area contributed by atoms with Crippen molar-refractivity contribution in [2.45, 2.75) is 19.8 Å². The van der Waals surface area contributed by atoms with Gasteiger partial charge in [0.25, 0.3) is 0 Å². The van der Waals surface area contributed by atoms with Gasteiger partial charge in [0, 0.05) is 11.4 Å². The van der Waals surface area contributed by atoms with Crippen LogP contribution >= 0.6 is 0 Å². The van der Waals surface area contributed by atoms with E-state index in [1.807, 2.05) is 54.6 Å². The summed E-state index contributed by atoms with van der Waals surface area (Å²) in [5.41, 5.74) is 6.82. The number of benzene rings is 3. The Hall–Kier alpha value is -3.93. The van der Waals surface area contributed by atoms with E-state index in [0.29, 0.717) is 17.1 Å². The Morgan fingerprint density at radius 2 is 1.48 bits per heavy atom. The topological polar surface area (TPSA) is 79.8 Å². The number of carbonyl (C=O) groups excluding carboxylic acids is 2. The van der Waals surface area contributed by atoms with E-state index in [-0.39, 0.29) is 24.7 Å². The molecule has 3 aromatic carbocycles. The zero-order valence-electron chi connectivity index (χ0n) is 17.6. The summed E-state index contributed by atoms with van der Waals surface area (Å²) in [4.78, 5) is 24.3. The molecule has 2 N–H and O–H groups in total. The van der Waals surface area contributed by atoms with Crippen molar-refractivity contribution in [1.82, 2.24) is 5.43 Å². The van der Waals surface area contributed by atoms with Gasteiger partial charge in [-0.05, 0) is 47.9 Å². The standard InChI is InChI=1S/C25H25N3O3/c1-18(16-24(29)26-22-12-14-23(31-2)15-13-22)27-28-25(30)17-19-8-10-21(11-9-19)20-6-4-3-5-7-20/h3-15H,16-17H2,1-2H3,(H,26,29)(H,28,30). The molecule has 0 spiro atoms. The van der Waals surface area contributed by atoms with Gasteiger partial charge in [0.2, 0.25) is 11.8 Å². The molecule has 0 aliphatic rings. The molecule has 31 heavy (non-hydrogen) atoms. The van der Waals surface area contributed by atoms with Crippen molar-refractivity contribution in [1.29, 1.82) is 0 Å². The second kappa shape index (κ2) is 10.7. The van der Waals surface area contributed by atoms with Crippen molar-refractivity contribution in [3.63, 3.8) is 0 Å². The van der Waals surface area contributed by atoms with Gasteiger partial charge in [-0.15, -0.1) is 0 Å². The number of hydrogen-bond acceptors (Lipinski definition) is 4. The summed E-state index contributed by atoms with van der Waals surface area (Å²) in [6.45, 7) is 1.70. The Morgan fingerprint density at radius 1 is 0.839 bits per heavy atom. The third-order valence-electron chi connectivity index (χ3n) is 4.59. The Morgan fingerprint density at radius 3 is 2.13 bits per heavy atom. The highest BCUT2D eigenvalue weighted by atomic mass is 16.5. The van der Waals surface area contributed by atoms with Crippen molar-refractivity contribution in [3.05, 3.63) is 84.4 Å². The summed E-state index contributed by atoms with van der Waals surface area (Å²) in [6.07, 6.45) is 0.294. The first-order chi connectivity index (χ1) is 15.0. The van der Waals surface area contributed by atoms with Crippen LogP contribution < -0.4 is 15.5 Å². The van der Waals surface area contributed by atoms with Crippen LogP contribution in [0, 0.1) is 0 Å². The molecule has 0 saturated carbocycles. The van der Waals surface area contributed by atoms with Crippen LogP contribution in [0.4, 0.5) is 5.69 Å². The molecule has 0 bridgehead atoms. The summed E-state index contributed by atoms with van der Waals surface area (Å²) in [6, 6.07) is 25.0. The maximum atomic E-state index is 12.2. The van der Waals surface area contributed by atoms with Crippen LogP contribution in [0.3, 0.4) is 0 Å². The van der Waals surface area contributed by atoms with Crippen molar-refractivity contribution in [2.75, 3.05) is 12.4 Å². The Bertz CT molecular complexity index is 1040. The predicted octanol–water partition coefficient (Wildman–Crippen LogP) is 4.43. The maximum absolute atomic E-state index is 12.2. The van der Waals surface area contributed by atoms with Crippen LogP contribution in [0.2, 0.25) is 0 Å². The lowest BCUT2D eigenvalue weighted by molar-refractivity contribution is -0.120. The van der Waals surface area contributed by atoms with Crippen molar-refractivity contribution in [3.8, 4) is 16.9 Å². The molecule has 3 rings (SSSR count). The minimum absolute atomic E-state index is 0.0814. The van der Waals surface area contributed by atoms with E-state index in [1.54, 1.807) is 38.3 Å². The highest BCUT2D eigenvalue weighted by Crippen LogP contribution is 2.19. The first-order valence-corrected chi connectivity index (χ1v) is 9.94. The number of hydrogen-bond donors (Lipinski definition) is 2. The Labute approximate surface area is 182 Å². The van der Waals surface area contributed by atoms with E-state index in [2.05, 4.69) is 15.8 Å². The zero-order chi connectivity index (χ0) is 22.1. The summed E-state index contributed by atoms with van der Waals surface area (Å²) < 4.78 is 5.09. The molecule has 3 aromatic rings. The molecule has 0 fully saturated rings. The van der Waals surface area contributed by atoms with E-state index < -0.39 is 0 Å². The van der Waals surface area contributed by atoms with Crippen molar-refractivity contribution in [2.24, 2.45) is 5.10 Å². The summed E-state index contributed by atoms with van der Waals surface area (Å²) >= 11 is 0. The number of nitrogens with zero attached hydrogens (tertiary/aromatic N) is 1. The van der Waals surface area contributed by atoms with Gasteiger partial charge in [-0.2, -0.15) is 5.10 Å². The van der Waals surface area contributed by atoms with Gasteiger partial charge in [0.05, 0.1) is 20.0 Å². The summed E-state index contributed by atoms with van der Waals surface area (Å²) in [5.74, 6) is 0.271. The number of ether oxygens (including phenoxy) is 1. The fraction of sp³-hybridized carbons (Fsp3) is 0.160. The molecule has 158 valence electrons. The van der Waals surface area contributed by atoms with Gasteiger partial charge in [-0.3, -0.25) is 9.59 Å². The van der Waals surface area contributed by atoms with E-state index in [1.165, 1.54) is 0 Å². The second-order valence-electron chi connectivity index (χ2n) is 7.08. The van der Waals surface area contributed by atoms with Crippen LogP contribution in [-0.4, -0.2) is 24.6 Å². The lowest BCUT2D eigenvalue weighted by Crippen LogP contribution is -2.22. The van der Waals surface area contributed by atoms with Gasteiger partial charge in [-0.1, -0.05) is 54.6 Å². The summed E-state index contributed by atoms with van der Waals surface area (Å²) in [5, 5.41) is 6.81. The molecule has 0 radical (unpaired) electrons.